The van der Waals surface area contributed by atoms with E-state index in [-0.39, 0.29) is 0 Å². The smallest absolute Gasteiger partial charge is 0.194 e. The third-order valence-electron chi connectivity index (χ3n) is 2.93. The number of alkyl halides is 2. The molecule has 0 N–H and O–H groups in total. The predicted octanol–water partition coefficient (Wildman–Crippen LogP) is 5.52. The zero-order chi connectivity index (χ0) is 15.5. The monoisotopic (exact) mass is 316 g/mol. The summed E-state index contributed by atoms with van der Waals surface area (Å²) in [5, 5.41) is 25.9. The molecule has 0 spiro atoms. The highest BCUT2D eigenvalue weighted by atomic mass is 35.5. The topological polar surface area (TPSA) is 72.3 Å². The summed E-state index contributed by atoms with van der Waals surface area (Å²) in [5.74, 6) is 0. The van der Waals surface area contributed by atoms with Crippen molar-refractivity contribution >= 4 is 23.2 Å². The van der Waals surface area contributed by atoms with Crippen molar-refractivity contribution in [2.24, 2.45) is 10.2 Å². The molecule has 0 saturated heterocycles. The summed E-state index contributed by atoms with van der Waals surface area (Å²) in [6.07, 6.45) is 6.44. The van der Waals surface area contributed by atoms with Crippen LogP contribution in [0.3, 0.4) is 0 Å². The molecule has 2 unspecified atom stereocenters. The first-order chi connectivity index (χ1) is 9.45. The summed E-state index contributed by atoms with van der Waals surface area (Å²) >= 11 is 12.2. The van der Waals surface area contributed by atoms with Crippen molar-refractivity contribution in [3.05, 3.63) is 0 Å². The van der Waals surface area contributed by atoms with E-state index in [1.54, 1.807) is 0 Å². The third-order valence-corrected chi connectivity index (χ3v) is 3.63. The minimum atomic E-state index is -1.41. The molecule has 0 heterocycles. The minimum absolute atomic E-state index is 0.412. The van der Waals surface area contributed by atoms with Gasteiger partial charge in [0.15, 0.2) is 0 Å². The van der Waals surface area contributed by atoms with E-state index in [1.807, 2.05) is 12.1 Å². The lowest BCUT2D eigenvalue weighted by Crippen LogP contribution is -2.20. The van der Waals surface area contributed by atoms with Crippen molar-refractivity contribution in [3.63, 3.8) is 0 Å². The molecule has 2 atom stereocenters. The van der Waals surface area contributed by atoms with Gasteiger partial charge >= 0.3 is 0 Å². The van der Waals surface area contributed by atoms with Crippen molar-refractivity contribution in [2.45, 2.75) is 75.2 Å². The lowest BCUT2D eigenvalue weighted by atomic mass is 10.1. The quantitative estimate of drug-likeness (QED) is 0.230. The van der Waals surface area contributed by atoms with Crippen LogP contribution in [0.15, 0.2) is 10.2 Å². The van der Waals surface area contributed by atoms with Gasteiger partial charge in [0.25, 0.3) is 0 Å². The van der Waals surface area contributed by atoms with Gasteiger partial charge < -0.3 is 0 Å². The van der Waals surface area contributed by atoms with Crippen LogP contribution in [0, 0.1) is 22.7 Å². The SMILES string of the molecule is CCCCCC(Cl)(C#N)N=NC(Cl)(C#N)CCCCC. The Labute approximate surface area is 131 Å². The Morgan fingerprint density at radius 1 is 0.800 bits per heavy atom. The van der Waals surface area contributed by atoms with Crippen molar-refractivity contribution in [2.75, 3.05) is 0 Å². The molecule has 0 aliphatic rings. The molecule has 0 amide bonds. The molecule has 0 rings (SSSR count). The highest BCUT2D eigenvalue weighted by Crippen LogP contribution is 2.30. The maximum atomic E-state index is 9.11. The largest absolute Gasteiger partial charge is 0.239 e. The zero-order valence-electron chi connectivity index (χ0n) is 12.2. The summed E-state index contributed by atoms with van der Waals surface area (Å²) in [5.41, 5.74) is 0. The number of rotatable bonds is 10. The van der Waals surface area contributed by atoms with Crippen LogP contribution in [0.4, 0.5) is 0 Å². The molecular weight excluding hydrogens is 295 g/mol. The van der Waals surface area contributed by atoms with Crippen molar-refractivity contribution < 1.29 is 0 Å². The average Bonchev–Trinajstić information content (AvgIpc) is 2.46. The highest BCUT2D eigenvalue weighted by Gasteiger charge is 2.31. The minimum Gasteiger partial charge on any atom is -0.194 e. The Bertz CT molecular complexity index is 350. The second-order valence-corrected chi connectivity index (χ2v) is 6.11. The molecule has 0 fully saturated rings. The Kier molecular flexibility index (Phi) is 9.55. The van der Waals surface area contributed by atoms with Gasteiger partial charge in [-0.1, -0.05) is 62.7 Å². The fraction of sp³-hybridized carbons (Fsp3) is 0.857. The Hall–Kier alpha value is -0.840. The van der Waals surface area contributed by atoms with Gasteiger partial charge in [0, 0.05) is 12.8 Å². The molecule has 112 valence electrons. The first kappa shape index (κ1) is 19.2. The Morgan fingerprint density at radius 3 is 1.40 bits per heavy atom. The summed E-state index contributed by atoms with van der Waals surface area (Å²) in [4.78, 5) is -2.81. The molecule has 0 saturated carbocycles. The van der Waals surface area contributed by atoms with E-state index in [9.17, 15) is 0 Å². The lowest BCUT2D eigenvalue weighted by molar-refractivity contribution is 0.523. The van der Waals surface area contributed by atoms with Gasteiger partial charge in [-0.2, -0.15) is 20.8 Å². The van der Waals surface area contributed by atoms with E-state index in [4.69, 9.17) is 33.7 Å². The highest BCUT2D eigenvalue weighted by molar-refractivity contribution is 6.26. The van der Waals surface area contributed by atoms with E-state index in [1.165, 1.54) is 0 Å². The number of azo groups is 1. The van der Waals surface area contributed by atoms with Crippen LogP contribution in [0.5, 0.6) is 0 Å². The molecule has 0 aromatic rings. The zero-order valence-corrected chi connectivity index (χ0v) is 13.7. The van der Waals surface area contributed by atoms with Crippen LogP contribution in [0.2, 0.25) is 0 Å². The average molecular weight is 317 g/mol. The maximum Gasteiger partial charge on any atom is 0.239 e. The Balaban J connectivity index is 4.66. The van der Waals surface area contributed by atoms with E-state index in [0.717, 1.165) is 38.5 Å². The van der Waals surface area contributed by atoms with Gasteiger partial charge in [-0.15, -0.1) is 0 Å². The number of hydrogen-bond donors (Lipinski definition) is 0. The molecule has 0 radical (unpaired) electrons. The van der Waals surface area contributed by atoms with Crippen LogP contribution in [0.25, 0.3) is 0 Å². The van der Waals surface area contributed by atoms with Crippen LogP contribution in [-0.2, 0) is 0 Å². The standard InChI is InChI=1S/C14H22Cl2N4/c1-3-5-7-9-13(15,11-17)19-20-14(16,12-18)10-8-6-4-2/h3-10H2,1-2H3. The van der Waals surface area contributed by atoms with Gasteiger partial charge in [0.05, 0.1) is 0 Å². The fourth-order valence-electron chi connectivity index (χ4n) is 1.63. The molecule has 0 aromatic heterocycles. The number of hydrogen-bond acceptors (Lipinski definition) is 4. The van der Waals surface area contributed by atoms with Gasteiger partial charge in [-0.05, 0) is 12.8 Å². The van der Waals surface area contributed by atoms with E-state index < -0.39 is 10.00 Å². The van der Waals surface area contributed by atoms with Crippen LogP contribution < -0.4 is 0 Å². The van der Waals surface area contributed by atoms with Crippen molar-refractivity contribution in [3.8, 4) is 12.1 Å². The summed E-state index contributed by atoms with van der Waals surface area (Å²) in [6.45, 7) is 4.13. The first-order valence-corrected chi connectivity index (χ1v) is 7.85. The lowest BCUT2D eigenvalue weighted by Gasteiger charge is -2.16. The van der Waals surface area contributed by atoms with E-state index in [0.29, 0.717) is 12.8 Å². The fourth-order valence-corrected chi connectivity index (χ4v) is 1.98. The normalized spacial score (nSPS) is 17.1. The molecule has 0 aliphatic carbocycles. The van der Waals surface area contributed by atoms with Crippen molar-refractivity contribution in [1.82, 2.24) is 0 Å². The molecule has 6 heteroatoms. The molecule has 0 bridgehead atoms. The second-order valence-electron chi connectivity index (χ2n) is 4.86. The number of nitrogens with zero attached hydrogens (tertiary/aromatic N) is 4. The maximum absolute atomic E-state index is 9.11. The molecular formula is C14H22Cl2N4. The summed E-state index contributed by atoms with van der Waals surface area (Å²) in [6, 6.07) is 3.88. The number of halogens is 2. The first-order valence-electron chi connectivity index (χ1n) is 7.09. The van der Waals surface area contributed by atoms with Crippen molar-refractivity contribution in [1.29, 1.82) is 10.5 Å². The Morgan fingerprint density at radius 2 is 1.15 bits per heavy atom. The molecule has 20 heavy (non-hydrogen) atoms. The number of unbranched alkanes of at least 4 members (excludes halogenated alkanes) is 4. The third kappa shape index (κ3) is 7.68. The van der Waals surface area contributed by atoms with E-state index in [2.05, 4.69) is 24.1 Å². The summed E-state index contributed by atoms with van der Waals surface area (Å²) < 4.78 is 0. The van der Waals surface area contributed by atoms with E-state index >= 15 is 0 Å². The molecule has 4 nitrogen and oxygen atoms in total. The molecule has 0 aliphatic heterocycles. The summed E-state index contributed by atoms with van der Waals surface area (Å²) in [7, 11) is 0. The second kappa shape index (κ2) is 9.97. The molecule has 0 aromatic carbocycles. The van der Waals surface area contributed by atoms with Gasteiger partial charge in [0.1, 0.15) is 12.1 Å². The van der Waals surface area contributed by atoms with Gasteiger partial charge in [0.2, 0.25) is 10.00 Å². The van der Waals surface area contributed by atoms with Gasteiger partial charge in [-0.3, -0.25) is 0 Å². The predicted molar refractivity (Wildman–Crippen MR) is 81.5 cm³/mol. The van der Waals surface area contributed by atoms with Crippen LogP contribution in [0.1, 0.15) is 65.2 Å². The van der Waals surface area contributed by atoms with Crippen LogP contribution in [-0.4, -0.2) is 10.00 Å². The van der Waals surface area contributed by atoms with Gasteiger partial charge in [-0.25, -0.2) is 0 Å². The number of nitriles is 2. The van der Waals surface area contributed by atoms with Crippen LogP contribution >= 0.6 is 23.2 Å².